The number of hydrogen-bond donors (Lipinski definition) is 2. The highest BCUT2D eigenvalue weighted by Crippen LogP contribution is 2.22. The molecule has 0 saturated carbocycles. The fourth-order valence-electron chi connectivity index (χ4n) is 2.03. The number of rotatable bonds is 4. The van der Waals surface area contributed by atoms with Crippen LogP contribution in [0.15, 0.2) is 42.7 Å². The van der Waals surface area contributed by atoms with Gasteiger partial charge in [-0.25, -0.2) is 0 Å². The largest absolute Gasteiger partial charge is 0.497 e. The lowest BCUT2D eigenvalue weighted by Crippen LogP contribution is -2.25. The number of hydrogen-bond acceptors (Lipinski definition) is 3. The van der Waals surface area contributed by atoms with E-state index in [1.54, 1.807) is 13.2 Å². The monoisotopic (exact) mass is 269 g/mol. The molecule has 0 spiro atoms. The zero-order chi connectivity index (χ0) is 14.5. The predicted octanol–water partition coefficient (Wildman–Crippen LogP) is 1.45. The van der Waals surface area contributed by atoms with Gasteiger partial charge in [0, 0.05) is 29.5 Å². The number of nitrogens with two attached hydrogens (primary N) is 1. The van der Waals surface area contributed by atoms with Crippen LogP contribution in [0.4, 0.5) is 11.4 Å². The number of aromatic amines is 1. The number of nitrogens with one attached hydrogen (secondary N) is 1. The topological polar surface area (TPSA) is 54.3 Å². The molecule has 0 saturated heterocycles. The predicted molar refractivity (Wildman–Crippen MR) is 84.4 cm³/mol. The third-order valence-corrected chi connectivity index (χ3v) is 3.18. The lowest BCUT2D eigenvalue weighted by molar-refractivity contribution is 0.415. The highest BCUT2D eigenvalue weighted by atomic mass is 16.5. The lowest BCUT2D eigenvalue weighted by Gasteiger charge is -2.18. The van der Waals surface area contributed by atoms with Gasteiger partial charge in [-0.15, -0.1) is 0 Å². The Hall–Kier alpha value is -2.62. The third kappa shape index (κ3) is 2.69. The molecule has 0 unspecified atom stereocenters. The summed E-state index contributed by atoms with van der Waals surface area (Å²) < 4.78 is 5.17. The Bertz CT molecular complexity index is 698. The molecule has 0 atom stereocenters. The fraction of sp³-hybridized carbons (Fsp3) is 0.125. The van der Waals surface area contributed by atoms with Crippen molar-refractivity contribution in [1.29, 1.82) is 0 Å². The molecule has 2 rings (SSSR count). The first-order valence-electron chi connectivity index (χ1n) is 6.30. The van der Waals surface area contributed by atoms with Crippen molar-refractivity contribution in [2.24, 2.45) is 5.73 Å². The summed E-state index contributed by atoms with van der Waals surface area (Å²) in [6.45, 7) is 3.99. The number of ether oxygens (including phenoxy) is 1. The quantitative estimate of drug-likeness (QED) is 0.883. The van der Waals surface area contributed by atoms with Crippen LogP contribution in [0.1, 0.15) is 0 Å². The van der Waals surface area contributed by atoms with E-state index in [9.17, 15) is 0 Å². The molecule has 2 aromatic rings. The number of anilines is 2. The summed E-state index contributed by atoms with van der Waals surface area (Å²) in [5, 5.41) is 1.88. The first-order chi connectivity index (χ1) is 9.67. The number of H-pyrrole nitrogens is 1. The first-order valence-corrected chi connectivity index (χ1v) is 6.30. The number of methoxy groups -OCH3 is 1. The molecule has 0 amide bonds. The van der Waals surface area contributed by atoms with Crippen molar-refractivity contribution in [2.75, 3.05) is 19.1 Å². The molecule has 4 nitrogen and oxygen atoms in total. The molecule has 3 N–H and O–H groups in total. The summed E-state index contributed by atoms with van der Waals surface area (Å²) in [5.74, 6) is 0.840. The van der Waals surface area contributed by atoms with Crippen molar-refractivity contribution in [2.45, 2.75) is 0 Å². The number of benzene rings is 1. The van der Waals surface area contributed by atoms with E-state index < -0.39 is 0 Å². The van der Waals surface area contributed by atoms with Gasteiger partial charge in [0.2, 0.25) is 0 Å². The summed E-state index contributed by atoms with van der Waals surface area (Å²) in [4.78, 5) is 5.22. The third-order valence-electron chi connectivity index (χ3n) is 3.18. The van der Waals surface area contributed by atoms with Gasteiger partial charge in [0.15, 0.2) is 0 Å². The van der Waals surface area contributed by atoms with Gasteiger partial charge < -0.3 is 20.4 Å². The molecule has 1 aromatic heterocycles. The average molecular weight is 269 g/mol. The van der Waals surface area contributed by atoms with Gasteiger partial charge in [-0.3, -0.25) is 0 Å². The van der Waals surface area contributed by atoms with Gasteiger partial charge in [0.25, 0.3) is 0 Å². The van der Waals surface area contributed by atoms with E-state index in [1.165, 1.54) is 6.20 Å². The highest BCUT2D eigenvalue weighted by molar-refractivity contribution is 5.65. The maximum absolute atomic E-state index is 5.39. The maximum atomic E-state index is 5.39. The van der Waals surface area contributed by atoms with Crippen LogP contribution in [-0.2, 0) is 0 Å². The standard InChI is InChI=1S/C16H19N3O/c1-12-15(5-4-10-17)16(11-18-12)19(2)13-6-8-14(20-3)9-7-13/h4-11,18H,1,17H2,2-3H3/b10-4-,15-5+. The van der Waals surface area contributed by atoms with Crippen molar-refractivity contribution < 1.29 is 4.74 Å². The zero-order valence-electron chi connectivity index (χ0n) is 11.8. The number of allylic oxidation sites excluding steroid dienone is 1. The molecular weight excluding hydrogens is 250 g/mol. The average Bonchev–Trinajstić information content (AvgIpc) is 2.85. The van der Waals surface area contributed by atoms with Crippen LogP contribution in [0.2, 0.25) is 0 Å². The number of aromatic nitrogens is 1. The molecule has 0 radical (unpaired) electrons. The van der Waals surface area contributed by atoms with Gasteiger partial charge in [-0.05, 0) is 42.6 Å². The smallest absolute Gasteiger partial charge is 0.119 e. The number of nitrogens with zero attached hydrogens (tertiary/aromatic N) is 1. The zero-order valence-corrected chi connectivity index (χ0v) is 11.8. The van der Waals surface area contributed by atoms with Gasteiger partial charge >= 0.3 is 0 Å². The summed E-state index contributed by atoms with van der Waals surface area (Å²) in [7, 11) is 3.67. The maximum Gasteiger partial charge on any atom is 0.119 e. The SMILES string of the molecule is C=c1[nH]cc(N(C)c2ccc(OC)cc2)/c1=C/C=C\N. The molecule has 1 aromatic carbocycles. The van der Waals surface area contributed by atoms with Crippen molar-refractivity contribution in [3.8, 4) is 5.75 Å². The molecule has 20 heavy (non-hydrogen) atoms. The Balaban J connectivity index is 2.43. The van der Waals surface area contributed by atoms with Crippen molar-refractivity contribution in [3.05, 3.63) is 53.3 Å². The lowest BCUT2D eigenvalue weighted by atomic mass is 10.2. The van der Waals surface area contributed by atoms with Crippen LogP contribution < -0.4 is 25.9 Å². The summed E-state index contributed by atoms with van der Waals surface area (Å²) in [6.07, 6.45) is 7.17. The second-order valence-electron chi connectivity index (χ2n) is 4.37. The second kappa shape index (κ2) is 6.02. The minimum absolute atomic E-state index is 0.840. The van der Waals surface area contributed by atoms with E-state index in [1.807, 2.05) is 43.6 Å². The normalized spacial score (nSPS) is 12.0. The van der Waals surface area contributed by atoms with Crippen LogP contribution in [0.5, 0.6) is 5.75 Å². The van der Waals surface area contributed by atoms with Crippen molar-refractivity contribution >= 4 is 24.0 Å². The Morgan fingerprint density at radius 2 is 2.00 bits per heavy atom. The van der Waals surface area contributed by atoms with E-state index in [0.29, 0.717) is 0 Å². The molecule has 4 heteroatoms. The Labute approximate surface area is 118 Å². The van der Waals surface area contributed by atoms with Gasteiger partial charge in [0.05, 0.1) is 12.8 Å². The second-order valence-corrected chi connectivity index (χ2v) is 4.37. The van der Waals surface area contributed by atoms with E-state index in [4.69, 9.17) is 10.5 Å². The Morgan fingerprint density at radius 3 is 2.60 bits per heavy atom. The Morgan fingerprint density at radius 1 is 1.30 bits per heavy atom. The molecule has 0 fully saturated rings. The fourth-order valence-corrected chi connectivity index (χ4v) is 2.03. The summed E-state index contributed by atoms with van der Waals surface area (Å²) in [5.41, 5.74) is 7.50. The van der Waals surface area contributed by atoms with Crippen LogP contribution in [-0.4, -0.2) is 19.1 Å². The van der Waals surface area contributed by atoms with E-state index in [-0.39, 0.29) is 0 Å². The molecule has 0 aliphatic rings. The van der Waals surface area contributed by atoms with E-state index in [0.717, 1.165) is 27.7 Å². The van der Waals surface area contributed by atoms with E-state index in [2.05, 4.69) is 16.5 Å². The van der Waals surface area contributed by atoms with Gasteiger partial charge in [0.1, 0.15) is 5.75 Å². The van der Waals surface area contributed by atoms with Crippen molar-refractivity contribution in [1.82, 2.24) is 4.98 Å². The summed E-state index contributed by atoms with van der Waals surface area (Å²) >= 11 is 0. The minimum atomic E-state index is 0.840. The Kier molecular flexibility index (Phi) is 4.15. The van der Waals surface area contributed by atoms with Crippen LogP contribution in [0, 0.1) is 0 Å². The van der Waals surface area contributed by atoms with Gasteiger partial charge in [-0.2, -0.15) is 0 Å². The molecule has 0 aliphatic heterocycles. The van der Waals surface area contributed by atoms with E-state index >= 15 is 0 Å². The molecule has 104 valence electrons. The van der Waals surface area contributed by atoms with Gasteiger partial charge in [-0.1, -0.05) is 6.58 Å². The van der Waals surface area contributed by atoms with Crippen LogP contribution in [0.25, 0.3) is 12.7 Å². The highest BCUT2D eigenvalue weighted by Gasteiger charge is 2.07. The van der Waals surface area contributed by atoms with Crippen LogP contribution in [0.3, 0.4) is 0 Å². The molecule has 0 bridgehead atoms. The van der Waals surface area contributed by atoms with Crippen molar-refractivity contribution in [3.63, 3.8) is 0 Å². The molecule has 1 heterocycles. The van der Waals surface area contributed by atoms with Crippen LogP contribution >= 0.6 is 0 Å². The minimum Gasteiger partial charge on any atom is -0.497 e. The molecule has 0 aliphatic carbocycles. The first kappa shape index (κ1) is 13.8. The molecular formula is C16H19N3O. The summed E-state index contributed by atoms with van der Waals surface area (Å²) in [6, 6.07) is 7.90.